The van der Waals surface area contributed by atoms with Crippen LogP contribution in [-0.4, -0.2) is 50.0 Å². The van der Waals surface area contributed by atoms with Gasteiger partial charge in [-0.05, 0) is 129 Å². The van der Waals surface area contributed by atoms with Gasteiger partial charge in [-0.15, -0.1) is 0 Å². The Balaban J connectivity index is 1.26. The Kier molecular flexibility index (Phi) is 9.33. The number of aliphatic carboxylic acids is 1. The first-order valence-corrected chi connectivity index (χ1v) is 22.9. The van der Waals surface area contributed by atoms with Gasteiger partial charge >= 0.3 is 11.9 Å². The molecule has 1 aromatic rings. The first-order valence-electron chi connectivity index (χ1n) is 22.9. The lowest BCUT2D eigenvalue weighted by molar-refractivity contribution is -0.287. The molecule has 57 heavy (non-hydrogen) atoms. The van der Waals surface area contributed by atoms with Gasteiger partial charge in [0.15, 0.2) is 0 Å². The zero-order valence-electron chi connectivity index (χ0n) is 37.4. The van der Waals surface area contributed by atoms with Gasteiger partial charge in [0, 0.05) is 30.0 Å². The SMILES string of the molecule is C=C(C)[C@H]1CC[C@]2(C(=O)N3CCC[C@H]3c3nc(C(C)(C)C)c[nH]3)CC[C@]3(C)[C@@H](CC[C@@H]4[C@]5(C)CCCC(C)(C)[C@H]5CC[C@]43C)[C@]12OC(=O)[C@H]1C[C@@H](C(=O)O)C1(C)C. The molecule has 0 unspecified atom stereocenters. The van der Waals surface area contributed by atoms with Gasteiger partial charge in [-0.3, -0.25) is 14.4 Å². The fraction of sp³-hybridized carbons (Fsp3) is 0.837. The topological polar surface area (TPSA) is 113 Å². The van der Waals surface area contributed by atoms with Crippen molar-refractivity contribution < 1.29 is 24.2 Å². The molecule has 0 bridgehead atoms. The molecule has 2 N–H and O–H groups in total. The summed E-state index contributed by atoms with van der Waals surface area (Å²) in [5, 5.41) is 10.1. The van der Waals surface area contributed by atoms with E-state index in [-0.39, 0.29) is 57.8 Å². The second-order valence-electron chi connectivity index (χ2n) is 23.8. The van der Waals surface area contributed by atoms with Crippen molar-refractivity contribution in [2.24, 2.45) is 68.0 Å². The van der Waals surface area contributed by atoms with Crippen LogP contribution in [0.2, 0.25) is 0 Å². The van der Waals surface area contributed by atoms with Gasteiger partial charge in [-0.2, -0.15) is 0 Å². The van der Waals surface area contributed by atoms with Crippen LogP contribution in [-0.2, 0) is 24.5 Å². The van der Waals surface area contributed by atoms with E-state index in [1.165, 1.54) is 25.7 Å². The predicted molar refractivity (Wildman–Crippen MR) is 223 cm³/mol. The number of fused-ring (bicyclic) bond motifs is 7. The number of hydrogen-bond donors (Lipinski definition) is 2. The van der Waals surface area contributed by atoms with Gasteiger partial charge in [-0.1, -0.05) is 87.8 Å². The summed E-state index contributed by atoms with van der Waals surface area (Å²) in [4.78, 5) is 54.2. The number of aromatic amines is 1. The van der Waals surface area contributed by atoms with Crippen LogP contribution in [0.1, 0.15) is 184 Å². The van der Waals surface area contributed by atoms with Crippen LogP contribution in [0.5, 0.6) is 0 Å². The maximum absolute atomic E-state index is 16.1. The summed E-state index contributed by atoms with van der Waals surface area (Å²) < 4.78 is 7.48. The molecule has 2 heterocycles. The molecule has 0 spiro atoms. The van der Waals surface area contributed by atoms with Crippen LogP contribution < -0.4 is 0 Å². The predicted octanol–water partition coefficient (Wildman–Crippen LogP) is 10.8. The summed E-state index contributed by atoms with van der Waals surface area (Å²) >= 11 is 0. The standard InChI is InChI=1S/C49H75N3O5/c1-29(2)30-18-23-48(41(56)52-26-13-15-33(52)38-50-28-37(51-38)42(3,4)5)25-24-47(12)36(49(30,48)57-40(55)32-27-31(39(53)54)44(32,8)9)17-16-35-45(10)21-14-20-43(6,7)34(45)19-22-46(35,47)11/h28,30-36H,1,13-27H2,2-12H3,(H,50,51)(H,53,54)/t30-,31+,32-,33+,34-,35-,36-,45-,46-,47-,48-,49-/m1/s1. The van der Waals surface area contributed by atoms with E-state index < -0.39 is 34.2 Å². The van der Waals surface area contributed by atoms with E-state index in [0.717, 1.165) is 62.0 Å². The number of nitrogens with one attached hydrogen (secondary N) is 1. The summed E-state index contributed by atoms with van der Waals surface area (Å²) in [6.45, 7) is 30.5. The molecule has 12 atom stereocenters. The molecule has 0 radical (unpaired) electrons. The normalized spacial score (nSPS) is 44.5. The van der Waals surface area contributed by atoms with Crippen molar-refractivity contribution in [3.05, 3.63) is 29.9 Å². The van der Waals surface area contributed by atoms with E-state index in [4.69, 9.17) is 9.72 Å². The molecule has 316 valence electrons. The highest BCUT2D eigenvalue weighted by Gasteiger charge is 2.79. The number of carbonyl (C=O) groups excluding carboxylic acids is 2. The van der Waals surface area contributed by atoms with Crippen molar-refractivity contribution in [2.75, 3.05) is 6.54 Å². The van der Waals surface area contributed by atoms with E-state index >= 15 is 9.59 Å². The Labute approximate surface area is 343 Å². The van der Waals surface area contributed by atoms with Crippen molar-refractivity contribution in [1.82, 2.24) is 14.9 Å². The summed E-state index contributed by atoms with van der Waals surface area (Å²) in [5.74, 6) is -0.244. The number of carbonyl (C=O) groups is 3. The number of carboxylic acid groups (broad SMARTS) is 1. The fourth-order valence-corrected chi connectivity index (χ4v) is 16.4. The van der Waals surface area contributed by atoms with Crippen LogP contribution in [0, 0.1) is 68.0 Å². The second-order valence-corrected chi connectivity index (χ2v) is 23.8. The Morgan fingerprint density at radius 1 is 0.825 bits per heavy atom. The highest BCUT2D eigenvalue weighted by atomic mass is 16.6. The lowest BCUT2D eigenvalue weighted by atomic mass is 9.31. The van der Waals surface area contributed by atoms with Crippen LogP contribution in [0.25, 0.3) is 0 Å². The monoisotopic (exact) mass is 786 g/mol. The molecule has 8 heteroatoms. The van der Waals surface area contributed by atoms with Crippen LogP contribution in [0.3, 0.4) is 0 Å². The Hall–Kier alpha value is -2.64. The first kappa shape index (κ1) is 41.1. The number of hydrogen-bond acceptors (Lipinski definition) is 5. The highest BCUT2D eigenvalue weighted by Crippen LogP contribution is 2.79. The maximum atomic E-state index is 16.1. The number of likely N-dealkylation sites (tertiary alicyclic amines) is 1. The fourth-order valence-electron chi connectivity index (χ4n) is 16.4. The zero-order valence-corrected chi connectivity index (χ0v) is 37.4. The van der Waals surface area contributed by atoms with Crippen molar-refractivity contribution in [1.29, 1.82) is 0 Å². The number of rotatable bonds is 6. The van der Waals surface area contributed by atoms with Crippen molar-refractivity contribution >= 4 is 17.8 Å². The van der Waals surface area contributed by atoms with Gasteiger partial charge in [0.2, 0.25) is 5.91 Å². The van der Waals surface area contributed by atoms with Crippen LogP contribution in [0.15, 0.2) is 18.3 Å². The van der Waals surface area contributed by atoms with Crippen molar-refractivity contribution in [3.63, 3.8) is 0 Å². The van der Waals surface area contributed by atoms with Crippen LogP contribution in [0.4, 0.5) is 0 Å². The van der Waals surface area contributed by atoms with E-state index in [9.17, 15) is 9.90 Å². The molecule has 1 amide bonds. The van der Waals surface area contributed by atoms with Crippen molar-refractivity contribution in [2.45, 2.75) is 183 Å². The lowest BCUT2D eigenvalue weighted by Crippen LogP contribution is -2.74. The molecule has 7 fully saturated rings. The Morgan fingerprint density at radius 3 is 2.14 bits per heavy atom. The lowest BCUT2D eigenvalue weighted by Gasteiger charge is -2.74. The quantitative estimate of drug-likeness (QED) is 0.219. The van der Waals surface area contributed by atoms with Gasteiger partial charge in [0.1, 0.15) is 11.4 Å². The third-order valence-corrected chi connectivity index (χ3v) is 19.6. The molecule has 6 aliphatic carbocycles. The van der Waals surface area contributed by atoms with Gasteiger partial charge in [0.05, 0.1) is 29.0 Å². The summed E-state index contributed by atoms with van der Waals surface area (Å²) in [6, 6.07) is -0.159. The second kappa shape index (κ2) is 12.9. The van der Waals surface area contributed by atoms with Crippen molar-refractivity contribution in [3.8, 4) is 0 Å². The minimum Gasteiger partial charge on any atom is -0.481 e. The minimum atomic E-state index is -1.07. The molecule has 1 aromatic heterocycles. The smallest absolute Gasteiger partial charge is 0.310 e. The van der Waals surface area contributed by atoms with E-state index in [2.05, 4.69) is 78.8 Å². The minimum absolute atomic E-state index is 0.0171. The third-order valence-electron chi connectivity index (χ3n) is 19.6. The largest absolute Gasteiger partial charge is 0.481 e. The molecule has 1 aliphatic heterocycles. The Morgan fingerprint density at radius 2 is 1.51 bits per heavy atom. The van der Waals surface area contributed by atoms with Gasteiger partial charge in [0.25, 0.3) is 0 Å². The number of carboxylic acids is 1. The summed E-state index contributed by atoms with van der Waals surface area (Å²) in [6.07, 6.45) is 15.3. The number of H-pyrrole nitrogens is 1. The Bertz CT molecular complexity index is 1840. The maximum Gasteiger partial charge on any atom is 0.310 e. The molecule has 6 saturated carbocycles. The van der Waals surface area contributed by atoms with E-state index in [1.54, 1.807) is 0 Å². The number of aromatic nitrogens is 2. The molecule has 0 aromatic carbocycles. The third kappa shape index (κ3) is 5.41. The number of amides is 1. The van der Waals surface area contributed by atoms with Gasteiger partial charge < -0.3 is 19.7 Å². The molecule has 8 nitrogen and oxygen atoms in total. The molecule has 7 aliphatic rings. The molecule has 8 rings (SSSR count). The summed E-state index contributed by atoms with van der Waals surface area (Å²) in [5.41, 5.74) is -0.430. The van der Waals surface area contributed by atoms with Crippen LogP contribution >= 0.6 is 0 Å². The number of nitrogens with zero attached hydrogens (tertiary/aromatic N) is 2. The van der Waals surface area contributed by atoms with E-state index in [0.29, 0.717) is 36.6 Å². The first-order chi connectivity index (χ1) is 26.4. The average molecular weight is 786 g/mol. The summed E-state index contributed by atoms with van der Waals surface area (Å²) in [7, 11) is 0. The number of ether oxygens (including phenoxy) is 1. The molecular formula is C49H75N3O5. The highest BCUT2D eigenvalue weighted by molar-refractivity contribution is 5.88. The van der Waals surface area contributed by atoms with E-state index in [1.807, 2.05) is 20.0 Å². The van der Waals surface area contributed by atoms with Gasteiger partial charge in [-0.25, -0.2) is 4.98 Å². The molecular weight excluding hydrogens is 711 g/mol. The number of esters is 1. The average Bonchev–Trinajstić information content (AvgIpc) is 3.85. The number of imidazole rings is 1. The zero-order chi connectivity index (χ0) is 41.5. The molecule has 1 saturated heterocycles.